The number of hydrogen-bond donors (Lipinski definition) is 2. The van der Waals surface area contributed by atoms with Crippen molar-refractivity contribution in [2.24, 2.45) is 23.7 Å². The van der Waals surface area contributed by atoms with E-state index in [1.165, 1.54) is 13.2 Å². The van der Waals surface area contributed by atoms with E-state index in [4.69, 9.17) is 4.74 Å². The topological polar surface area (TPSA) is 76.0 Å². The van der Waals surface area contributed by atoms with Crippen molar-refractivity contribution in [2.75, 3.05) is 13.7 Å². The molecule has 1 heterocycles. The van der Waals surface area contributed by atoms with Gasteiger partial charge in [-0.25, -0.2) is 0 Å². The average Bonchev–Trinajstić information content (AvgIpc) is 3.29. The number of carbonyl (C=O) groups excluding carboxylic acids is 1. The largest absolute Gasteiger partial charge is 0.469 e. The monoisotopic (exact) mass is 576 g/mol. The maximum atomic E-state index is 13.4. The third-order valence-electron chi connectivity index (χ3n) is 6.86. The van der Waals surface area contributed by atoms with Crippen LogP contribution in [-0.4, -0.2) is 58.3 Å². The van der Waals surface area contributed by atoms with Crippen LogP contribution in [0, 0.1) is 23.7 Å². The predicted molar refractivity (Wildman–Crippen MR) is 123 cm³/mol. The molecule has 2 aliphatic rings. The molecule has 1 saturated carbocycles. The maximum absolute atomic E-state index is 13.4. The molecule has 0 bridgehead atoms. The number of aliphatic hydroxyl groups is 2. The lowest BCUT2D eigenvalue weighted by Gasteiger charge is -2.25. The number of aliphatic hydroxyl groups excluding tert-OH is 2. The minimum atomic E-state index is -4.45. The van der Waals surface area contributed by atoms with Crippen molar-refractivity contribution in [2.45, 2.75) is 86.7 Å². The highest BCUT2D eigenvalue weighted by Gasteiger charge is 2.49. The number of ether oxygens (including phenoxy) is 2. The molecule has 0 unspecified atom stereocenters. The van der Waals surface area contributed by atoms with Gasteiger partial charge in [-0.05, 0) is 49.9 Å². The predicted octanol–water partition coefficient (Wildman–Crippen LogP) is 4.82. The van der Waals surface area contributed by atoms with Gasteiger partial charge >= 0.3 is 12.1 Å². The first-order valence-electron chi connectivity index (χ1n) is 11.5. The van der Waals surface area contributed by atoms with Crippen molar-refractivity contribution in [3.63, 3.8) is 0 Å². The Morgan fingerprint density at radius 2 is 2.00 bits per heavy atom. The third-order valence-corrected chi connectivity index (χ3v) is 8.29. The number of unbranched alkanes of at least 4 members (excludes halogenated alkanes) is 1. The Morgan fingerprint density at radius 3 is 2.59 bits per heavy atom. The summed E-state index contributed by atoms with van der Waals surface area (Å²) < 4.78 is 51.3. The van der Waals surface area contributed by atoms with Crippen molar-refractivity contribution < 1.29 is 37.7 Å². The molecule has 2 N–H and O–H groups in total. The number of halogens is 4. The van der Waals surface area contributed by atoms with Crippen LogP contribution in [0.25, 0.3) is 0 Å². The standard InChI is InChI=1S/C23H36F3IO5/c1-3-4-6-17(23(24,25)26)19(29)10-9-15-14(13-28)11-20-16(15)12-21(32-20)18(27)7-5-8-22(30)31-2/h9-10,14-21,28-29H,3-8,11-13H2,1-2H3/t14-,15-,16+,17+,18-,19+,20-,21-/m0/s1. The first kappa shape index (κ1) is 27.9. The van der Waals surface area contributed by atoms with E-state index < -0.39 is 18.2 Å². The summed E-state index contributed by atoms with van der Waals surface area (Å²) in [5.74, 6) is -2.10. The lowest BCUT2D eigenvalue weighted by Crippen LogP contribution is -2.33. The fourth-order valence-corrected chi connectivity index (χ4v) is 5.93. The molecule has 32 heavy (non-hydrogen) atoms. The molecule has 0 radical (unpaired) electrons. The number of esters is 1. The summed E-state index contributed by atoms with van der Waals surface area (Å²) in [7, 11) is 1.37. The van der Waals surface area contributed by atoms with Gasteiger partial charge in [-0.1, -0.05) is 54.5 Å². The smallest absolute Gasteiger partial charge is 0.394 e. The molecule has 0 spiro atoms. The van der Waals surface area contributed by atoms with Crippen LogP contribution in [0.5, 0.6) is 0 Å². The summed E-state index contributed by atoms with van der Waals surface area (Å²) in [5.41, 5.74) is 0. The molecule has 0 aromatic rings. The highest BCUT2D eigenvalue weighted by molar-refractivity contribution is 14.1. The van der Waals surface area contributed by atoms with Gasteiger partial charge in [0.25, 0.3) is 0 Å². The zero-order chi connectivity index (χ0) is 23.9. The van der Waals surface area contributed by atoms with E-state index in [-0.39, 0.29) is 52.9 Å². The average molecular weight is 576 g/mol. The summed E-state index contributed by atoms with van der Waals surface area (Å²) in [6, 6.07) is 0. The van der Waals surface area contributed by atoms with E-state index in [0.29, 0.717) is 32.1 Å². The lowest BCUT2D eigenvalue weighted by atomic mass is 9.85. The number of rotatable bonds is 12. The van der Waals surface area contributed by atoms with Crippen LogP contribution in [0.3, 0.4) is 0 Å². The van der Waals surface area contributed by atoms with Gasteiger partial charge in [0.1, 0.15) is 0 Å². The quantitative estimate of drug-likeness (QED) is 0.151. The van der Waals surface area contributed by atoms with Crippen molar-refractivity contribution in [1.82, 2.24) is 0 Å². The Bertz CT molecular complexity index is 615. The number of carbonyl (C=O) groups is 1. The minimum Gasteiger partial charge on any atom is -0.469 e. The molecule has 2 fully saturated rings. The van der Waals surface area contributed by atoms with Crippen LogP contribution >= 0.6 is 22.6 Å². The van der Waals surface area contributed by atoms with Crippen LogP contribution < -0.4 is 0 Å². The first-order chi connectivity index (χ1) is 15.1. The van der Waals surface area contributed by atoms with Crippen LogP contribution in [0.15, 0.2) is 12.2 Å². The zero-order valence-corrected chi connectivity index (χ0v) is 20.9. The van der Waals surface area contributed by atoms with Crippen molar-refractivity contribution in [1.29, 1.82) is 0 Å². The molecule has 9 heteroatoms. The molecule has 2 rings (SSSR count). The summed E-state index contributed by atoms with van der Waals surface area (Å²) >= 11 is 2.34. The Morgan fingerprint density at radius 1 is 1.28 bits per heavy atom. The number of hydrogen-bond acceptors (Lipinski definition) is 5. The van der Waals surface area contributed by atoms with Crippen molar-refractivity contribution >= 4 is 28.6 Å². The molecule has 0 aromatic carbocycles. The lowest BCUT2D eigenvalue weighted by molar-refractivity contribution is -0.195. The number of fused-ring (bicyclic) bond motifs is 1. The van der Waals surface area contributed by atoms with Gasteiger partial charge in [0.2, 0.25) is 0 Å². The number of allylic oxidation sites excluding steroid dienone is 1. The van der Waals surface area contributed by atoms with Gasteiger partial charge in [0.05, 0.1) is 31.3 Å². The fourth-order valence-electron chi connectivity index (χ4n) is 5.03. The third kappa shape index (κ3) is 7.56. The normalized spacial score (nSPS) is 30.9. The molecule has 5 nitrogen and oxygen atoms in total. The Labute approximate surface area is 202 Å². The van der Waals surface area contributed by atoms with Crippen LogP contribution in [0.2, 0.25) is 0 Å². The highest BCUT2D eigenvalue weighted by Crippen LogP contribution is 2.49. The van der Waals surface area contributed by atoms with E-state index in [1.807, 2.05) is 6.92 Å². The van der Waals surface area contributed by atoms with Crippen molar-refractivity contribution in [3.05, 3.63) is 12.2 Å². The zero-order valence-electron chi connectivity index (χ0n) is 18.8. The van der Waals surface area contributed by atoms with Crippen LogP contribution in [0.4, 0.5) is 13.2 Å². The van der Waals surface area contributed by atoms with E-state index in [1.54, 1.807) is 6.08 Å². The van der Waals surface area contributed by atoms with Crippen LogP contribution in [0.1, 0.15) is 58.3 Å². The molecular weight excluding hydrogens is 540 g/mol. The molecule has 8 atom stereocenters. The molecular formula is C23H36F3IO5. The number of alkyl halides is 4. The summed E-state index contributed by atoms with van der Waals surface area (Å²) in [6.45, 7) is 1.77. The van der Waals surface area contributed by atoms with Gasteiger partial charge in [0.15, 0.2) is 0 Å². The fraction of sp³-hybridized carbons (Fsp3) is 0.870. The van der Waals surface area contributed by atoms with Gasteiger partial charge in [-0.3, -0.25) is 4.79 Å². The molecule has 1 aliphatic heterocycles. The SMILES string of the molecule is CCCC[C@H]([C@H](O)C=C[C@H]1[C@H](CO)C[C@@H]2O[C@H]([C@@H](I)CCCC(=O)OC)C[C@H]12)C(F)(F)F. The van der Waals surface area contributed by atoms with E-state index in [0.717, 1.165) is 12.8 Å². The molecule has 186 valence electrons. The van der Waals surface area contributed by atoms with E-state index in [2.05, 4.69) is 27.3 Å². The first-order valence-corrected chi connectivity index (χ1v) is 12.8. The second kappa shape index (κ2) is 12.9. The minimum absolute atomic E-state index is 0.0104. The summed E-state index contributed by atoms with van der Waals surface area (Å²) in [6.07, 6.45) is 1.16. The van der Waals surface area contributed by atoms with Gasteiger partial charge in [0, 0.05) is 17.0 Å². The molecule has 1 aliphatic carbocycles. The summed E-state index contributed by atoms with van der Waals surface area (Å²) in [4.78, 5) is 11.3. The summed E-state index contributed by atoms with van der Waals surface area (Å²) in [5, 5.41) is 20.1. The van der Waals surface area contributed by atoms with E-state index in [9.17, 15) is 28.2 Å². The van der Waals surface area contributed by atoms with E-state index >= 15 is 0 Å². The Kier molecular flexibility index (Phi) is 11.2. The second-order valence-electron chi connectivity index (χ2n) is 9.02. The van der Waals surface area contributed by atoms with Gasteiger partial charge in [-0.2, -0.15) is 13.2 Å². The molecule has 0 aromatic heterocycles. The number of methoxy groups -OCH3 is 1. The Hall–Kier alpha value is -0.390. The maximum Gasteiger partial charge on any atom is 0.394 e. The second-order valence-corrected chi connectivity index (χ2v) is 10.6. The van der Waals surface area contributed by atoms with Crippen LogP contribution in [-0.2, 0) is 14.3 Å². The molecule has 1 saturated heterocycles. The molecule has 0 amide bonds. The van der Waals surface area contributed by atoms with Gasteiger partial charge < -0.3 is 19.7 Å². The Balaban J connectivity index is 1.99. The van der Waals surface area contributed by atoms with Gasteiger partial charge in [-0.15, -0.1) is 0 Å². The van der Waals surface area contributed by atoms with Crippen molar-refractivity contribution in [3.8, 4) is 0 Å². The highest BCUT2D eigenvalue weighted by atomic mass is 127.